The Morgan fingerprint density at radius 1 is 1.57 bits per heavy atom. The molecule has 0 spiro atoms. The zero-order valence-corrected chi connectivity index (χ0v) is 12.2. The first-order valence-corrected chi connectivity index (χ1v) is 7.01. The molecule has 1 fully saturated rings. The Kier molecular flexibility index (Phi) is 4.50. The highest BCUT2D eigenvalue weighted by molar-refractivity contribution is 5.80. The maximum atomic E-state index is 11.9. The van der Waals surface area contributed by atoms with Crippen LogP contribution in [-0.4, -0.2) is 34.8 Å². The van der Waals surface area contributed by atoms with Gasteiger partial charge in [0.15, 0.2) is 6.61 Å². The summed E-state index contributed by atoms with van der Waals surface area (Å²) >= 11 is 0. The van der Waals surface area contributed by atoms with Crippen molar-refractivity contribution in [1.29, 1.82) is 0 Å². The molecule has 1 amide bonds. The summed E-state index contributed by atoms with van der Waals surface area (Å²) in [6.07, 6.45) is 3.01. The Hall–Kier alpha value is -2.05. The van der Waals surface area contributed by atoms with E-state index in [2.05, 4.69) is 10.5 Å². The number of aromatic nitrogens is 1. The average Bonchev–Trinajstić information content (AvgIpc) is 2.85. The minimum absolute atomic E-state index is 0.210. The van der Waals surface area contributed by atoms with Gasteiger partial charge in [0.1, 0.15) is 5.76 Å². The first-order chi connectivity index (χ1) is 9.91. The van der Waals surface area contributed by atoms with Gasteiger partial charge in [0.25, 0.3) is 11.8 Å². The summed E-state index contributed by atoms with van der Waals surface area (Å²) in [5.41, 5.74) is -0.918. The van der Waals surface area contributed by atoms with Crippen LogP contribution in [0.15, 0.2) is 10.6 Å². The van der Waals surface area contributed by atoms with E-state index in [9.17, 15) is 14.7 Å². The second-order valence-electron chi connectivity index (χ2n) is 5.65. The Morgan fingerprint density at radius 2 is 2.33 bits per heavy atom. The van der Waals surface area contributed by atoms with E-state index in [1.165, 1.54) is 0 Å². The number of nitrogens with zero attached hydrogens (tertiary/aromatic N) is 1. The van der Waals surface area contributed by atoms with Crippen molar-refractivity contribution < 1.29 is 24.0 Å². The summed E-state index contributed by atoms with van der Waals surface area (Å²) in [5, 5.41) is 15.8. The number of carboxylic acid groups (broad SMARTS) is 1. The molecule has 2 atom stereocenters. The van der Waals surface area contributed by atoms with Crippen molar-refractivity contribution in [3.63, 3.8) is 0 Å². The smallest absolute Gasteiger partial charge is 0.311 e. The highest BCUT2D eigenvalue weighted by Gasteiger charge is 2.43. The van der Waals surface area contributed by atoms with Crippen molar-refractivity contribution in [2.45, 2.75) is 45.6 Å². The zero-order valence-electron chi connectivity index (χ0n) is 12.2. The van der Waals surface area contributed by atoms with Crippen LogP contribution in [0.1, 0.15) is 38.4 Å². The number of carbonyl (C=O) groups excluding carboxylic acids is 1. The van der Waals surface area contributed by atoms with Gasteiger partial charge >= 0.3 is 5.97 Å². The van der Waals surface area contributed by atoms with Crippen LogP contribution in [0.4, 0.5) is 0 Å². The van der Waals surface area contributed by atoms with Crippen LogP contribution < -0.4 is 10.1 Å². The van der Waals surface area contributed by atoms with Crippen molar-refractivity contribution >= 4 is 11.9 Å². The summed E-state index contributed by atoms with van der Waals surface area (Å²) in [6.45, 7) is 3.19. The number of amides is 1. The van der Waals surface area contributed by atoms with Gasteiger partial charge in [0.05, 0.1) is 5.41 Å². The van der Waals surface area contributed by atoms with Crippen LogP contribution in [0, 0.1) is 12.3 Å². The Bertz CT molecular complexity index is 527. The second-order valence-corrected chi connectivity index (χ2v) is 5.65. The number of aliphatic carboxylic acids is 1. The van der Waals surface area contributed by atoms with Crippen molar-refractivity contribution in [2.24, 2.45) is 5.41 Å². The maximum absolute atomic E-state index is 11.9. The molecule has 0 aromatic carbocycles. The molecule has 1 aliphatic carbocycles. The topological polar surface area (TPSA) is 102 Å². The highest BCUT2D eigenvalue weighted by Crippen LogP contribution is 2.36. The van der Waals surface area contributed by atoms with Gasteiger partial charge in [-0.1, -0.05) is 12.8 Å². The number of aryl methyl sites for hydroxylation is 1. The van der Waals surface area contributed by atoms with Crippen LogP contribution >= 0.6 is 0 Å². The van der Waals surface area contributed by atoms with Crippen molar-refractivity contribution in [1.82, 2.24) is 10.5 Å². The number of hydrogen-bond acceptors (Lipinski definition) is 5. The lowest BCUT2D eigenvalue weighted by atomic mass is 9.71. The second kappa shape index (κ2) is 6.15. The minimum atomic E-state index is -0.918. The van der Waals surface area contributed by atoms with E-state index in [1.54, 1.807) is 19.9 Å². The molecule has 116 valence electrons. The van der Waals surface area contributed by atoms with Crippen molar-refractivity contribution in [3.8, 4) is 5.88 Å². The molecule has 1 aromatic rings. The highest BCUT2D eigenvalue weighted by atomic mass is 16.5. The molecule has 1 aromatic heterocycles. The van der Waals surface area contributed by atoms with E-state index < -0.39 is 11.4 Å². The third kappa shape index (κ3) is 3.53. The van der Waals surface area contributed by atoms with Crippen LogP contribution in [0.2, 0.25) is 0 Å². The van der Waals surface area contributed by atoms with E-state index in [-0.39, 0.29) is 24.4 Å². The van der Waals surface area contributed by atoms with E-state index in [1.807, 2.05) is 0 Å². The quantitative estimate of drug-likeness (QED) is 0.854. The molecule has 2 N–H and O–H groups in total. The van der Waals surface area contributed by atoms with Gasteiger partial charge in [-0.2, -0.15) is 0 Å². The molecule has 7 heteroatoms. The van der Waals surface area contributed by atoms with Gasteiger partial charge < -0.3 is 19.7 Å². The molecule has 2 unspecified atom stereocenters. The molecule has 1 heterocycles. The lowest BCUT2D eigenvalue weighted by molar-refractivity contribution is -0.152. The first kappa shape index (κ1) is 15.3. The number of ether oxygens (including phenoxy) is 1. The summed E-state index contributed by atoms with van der Waals surface area (Å²) in [7, 11) is 0. The molecule has 21 heavy (non-hydrogen) atoms. The van der Waals surface area contributed by atoms with Crippen LogP contribution in [0.5, 0.6) is 5.88 Å². The standard InChI is InChI=1S/C14H20N2O5/c1-9-7-12(16-21-9)20-8-11(17)15-10-5-3-4-6-14(10,2)13(18)19/h7,10H,3-6,8H2,1-2H3,(H,15,17)(H,18,19). The predicted octanol–water partition coefficient (Wildman–Crippen LogP) is 1.51. The van der Waals surface area contributed by atoms with E-state index in [0.717, 1.165) is 12.8 Å². The van der Waals surface area contributed by atoms with Crippen LogP contribution in [0.3, 0.4) is 0 Å². The molecule has 0 saturated heterocycles. The van der Waals surface area contributed by atoms with Crippen molar-refractivity contribution in [3.05, 3.63) is 11.8 Å². The SMILES string of the molecule is Cc1cc(OCC(=O)NC2CCCCC2(C)C(=O)O)no1. The molecule has 1 saturated carbocycles. The van der Waals surface area contributed by atoms with Gasteiger partial charge in [-0.25, -0.2) is 0 Å². The number of carboxylic acids is 1. The summed E-state index contributed by atoms with van der Waals surface area (Å²) < 4.78 is 10.0. The fraction of sp³-hybridized carbons (Fsp3) is 0.643. The monoisotopic (exact) mass is 296 g/mol. The van der Waals surface area contributed by atoms with Crippen LogP contribution in [0.25, 0.3) is 0 Å². The molecule has 7 nitrogen and oxygen atoms in total. The molecular formula is C14H20N2O5. The summed E-state index contributed by atoms with van der Waals surface area (Å²) in [6, 6.07) is 1.20. The van der Waals surface area contributed by atoms with Gasteiger partial charge in [0.2, 0.25) is 0 Å². The number of rotatable bonds is 5. The molecule has 2 rings (SSSR count). The van der Waals surface area contributed by atoms with Gasteiger partial charge in [-0.15, -0.1) is 0 Å². The largest absolute Gasteiger partial charge is 0.481 e. The molecule has 0 radical (unpaired) electrons. The predicted molar refractivity (Wildman–Crippen MR) is 72.9 cm³/mol. The fourth-order valence-corrected chi connectivity index (χ4v) is 2.61. The number of hydrogen-bond donors (Lipinski definition) is 2. The van der Waals surface area contributed by atoms with Crippen molar-refractivity contribution in [2.75, 3.05) is 6.61 Å². The Labute approximate surface area is 122 Å². The Balaban J connectivity index is 1.90. The van der Waals surface area contributed by atoms with Gasteiger partial charge in [-0.3, -0.25) is 9.59 Å². The van der Waals surface area contributed by atoms with Gasteiger partial charge in [0, 0.05) is 12.1 Å². The van der Waals surface area contributed by atoms with Gasteiger partial charge in [-0.05, 0) is 31.8 Å². The average molecular weight is 296 g/mol. The van der Waals surface area contributed by atoms with E-state index in [0.29, 0.717) is 18.6 Å². The maximum Gasteiger partial charge on any atom is 0.311 e. The fourth-order valence-electron chi connectivity index (χ4n) is 2.61. The molecule has 1 aliphatic rings. The lowest BCUT2D eigenvalue weighted by Crippen LogP contribution is -2.53. The summed E-state index contributed by atoms with van der Waals surface area (Å²) in [5.74, 6) is -0.390. The number of nitrogens with one attached hydrogen (secondary N) is 1. The van der Waals surface area contributed by atoms with E-state index in [4.69, 9.17) is 9.26 Å². The molecule has 0 aliphatic heterocycles. The normalized spacial score (nSPS) is 25.3. The van der Waals surface area contributed by atoms with E-state index >= 15 is 0 Å². The third-order valence-electron chi connectivity index (χ3n) is 3.99. The molecule has 0 bridgehead atoms. The summed E-state index contributed by atoms with van der Waals surface area (Å²) in [4.78, 5) is 23.4. The lowest BCUT2D eigenvalue weighted by Gasteiger charge is -2.38. The van der Waals surface area contributed by atoms with Crippen LogP contribution in [-0.2, 0) is 9.59 Å². The molecular weight excluding hydrogens is 276 g/mol. The first-order valence-electron chi connectivity index (χ1n) is 7.01. The Morgan fingerprint density at radius 3 is 2.95 bits per heavy atom. The zero-order chi connectivity index (χ0) is 15.5. The number of carbonyl (C=O) groups is 2. The third-order valence-corrected chi connectivity index (χ3v) is 3.99. The minimum Gasteiger partial charge on any atom is -0.481 e.